The summed E-state index contributed by atoms with van der Waals surface area (Å²) in [5.41, 5.74) is 0.225. The van der Waals surface area contributed by atoms with Gasteiger partial charge in [-0.3, -0.25) is 0 Å². The highest BCUT2D eigenvalue weighted by Gasteiger charge is 2.35. The van der Waals surface area contributed by atoms with Crippen molar-refractivity contribution in [2.45, 2.75) is 25.6 Å². The second-order valence-corrected chi connectivity index (χ2v) is 4.94. The van der Waals surface area contributed by atoms with Crippen LogP contribution in [0.1, 0.15) is 28.4 Å². The van der Waals surface area contributed by atoms with Crippen molar-refractivity contribution in [1.82, 2.24) is 0 Å². The predicted octanol–water partition coefficient (Wildman–Crippen LogP) is 4.43. The molecule has 0 amide bonds. The number of aliphatic hydroxyl groups is 1. The van der Waals surface area contributed by atoms with Crippen LogP contribution in [0.25, 0.3) is 0 Å². The number of halogens is 4. The van der Waals surface area contributed by atoms with Crippen molar-refractivity contribution in [2.75, 3.05) is 0 Å². The molecule has 1 atom stereocenters. The summed E-state index contributed by atoms with van der Waals surface area (Å²) in [6, 6.07) is 9.46. The maximum absolute atomic E-state index is 13.0. The van der Waals surface area contributed by atoms with Crippen molar-refractivity contribution >= 4 is 0 Å². The fourth-order valence-corrected chi connectivity index (χ4v) is 2.24. The van der Waals surface area contributed by atoms with Gasteiger partial charge in [-0.25, -0.2) is 4.39 Å². The van der Waals surface area contributed by atoms with Crippen LogP contribution in [-0.4, -0.2) is 5.11 Å². The van der Waals surface area contributed by atoms with Crippen LogP contribution in [0.15, 0.2) is 42.5 Å². The lowest BCUT2D eigenvalue weighted by molar-refractivity contribution is -0.139. The first-order valence-electron chi connectivity index (χ1n) is 6.37. The Hall–Kier alpha value is -1.88. The van der Waals surface area contributed by atoms with Crippen molar-refractivity contribution < 1.29 is 22.7 Å². The van der Waals surface area contributed by atoms with Gasteiger partial charge in [0.25, 0.3) is 0 Å². The van der Waals surface area contributed by atoms with E-state index in [4.69, 9.17) is 0 Å². The monoisotopic (exact) mass is 298 g/mol. The summed E-state index contributed by atoms with van der Waals surface area (Å²) in [5.74, 6) is -0.978. The van der Waals surface area contributed by atoms with Crippen LogP contribution in [0.5, 0.6) is 0 Å². The summed E-state index contributed by atoms with van der Waals surface area (Å²) in [7, 11) is 0. The third kappa shape index (κ3) is 3.82. The molecule has 0 aliphatic rings. The molecule has 0 heterocycles. The molecule has 0 aliphatic carbocycles. The third-order valence-electron chi connectivity index (χ3n) is 3.19. The Kier molecular flexibility index (Phi) is 4.32. The SMILES string of the molecule is Cc1cccc(CC(O)c2ccc(F)cc2C(F)(F)F)c1. The molecular weight excluding hydrogens is 284 g/mol. The summed E-state index contributed by atoms with van der Waals surface area (Å²) in [4.78, 5) is 0. The standard InChI is InChI=1S/C16H14F4O/c1-10-3-2-4-11(7-10)8-15(21)13-6-5-12(17)9-14(13)16(18,19)20/h2-7,9,15,21H,8H2,1H3. The van der Waals surface area contributed by atoms with Gasteiger partial charge in [-0.1, -0.05) is 35.9 Å². The topological polar surface area (TPSA) is 20.2 Å². The molecule has 2 aromatic rings. The second-order valence-electron chi connectivity index (χ2n) is 4.94. The van der Waals surface area contributed by atoms with E-state index in [0.29, 0.717) is 6.07 Å². The molecule has 112 valence electrons. The molecule has 0 saturated heterocycles. The highest BCUT2D eigenvalue weighted by Crippen LogP contribution is 2.36. The van der Waals surface area contributed by atoms with E-state index >= 15 is 0 Å². The van der Waals surface area contributed by atoms with Gasteiger partial charge in [0.05, 0.1) is 11.7 Å². The van der Waals surface area contributed by atoms with Crippen LogP contribution >= 0.6 is 0 Å². The van der Waals surface area contributed by atoms with E-state index in [0.717, 1.165) is 23.3 Å². The highest BCUT2D eigenvalue weighted by molar-refractivity contribution is 5.34. The zero-order chi connectivity index (χ0) is 15.6. The summed E-state index contributed by atoms with van der Waals surface area (Å²) in [5, 5.41) is 10.1. The van der Waals surface area contributed by atoms with Crippen LogP contribution in [0, 0.1) is 12.7 Å². The maximum atomic E-state index is 13.0. The molecule has 1 N–H and O–H groups in total. The first-order chi connectivity index (χ1) is 9.77. The molecule has 2 aromatic carbocycles. The van der Waals surface area contributed by atoms with E-state index < -0.39 is 23.7 Å². The van der Waals surface area contributed by atoms with Crippen molar-refractivity contribution in [3.05, 3.63) is 70.5 Å². The number of aryl methyl sites for hydroxylation is 1. The van der Waals surface area contributed by atoms with E-state index in [9.17, 15) is 22.7 Å². The van der Waals surface area contributed by atoms with Gasteiger partial charge in [0.1, 0.15) is 5.82 Å². The lowest BCUT2D eigenvalue weighted by atomic mass is 9.96. The Morgan fingerprint density at radius 2 is 1.81 bits per heavy atom. The van der Waals surface area contributed by atoms with Crippen LogP contribution in [-0.2, 0) is 12.6 Å². The molecule has 0 fully saturated rings. The Bertz CT molecular complexity index is 634. The zero-order valence-electron chi connectivity index (χ0n) is 11.3. The van der Waals surface area contributed by atoms with Gasteiger partial charge in [-0.15, -0.1) is 0 Å². The number of aliphatic hydroxyl groups excluding tert-OH is 1. The van der Waals surface area contributed by atoms with Crippen molar-refractivity contribution in [2.24, 2.45) is 0 Å². The van der Waals surface area contributed by atoms with Crippen molar-refractivity contribution in [1.29, 1.82) is 0 Å². The highest BCUT2D eigenvalue weighted by atomic mass is 19.4. The fourth-order valence-electron chi connectivity index (χ4n) is 2.24. The molecular formula is C16H14F4O. The largest absolute Gasteiger partial charge is 0.416 e. The van der Waals surface area contributed by atoms with E-state index in [2.05, 4.69) is 0 Å². The van der Waals surface area contributed by atoms with Gasteiger partial charge >= 0.3 is 6.18 Å². The molecule has 0 bridgehead atoms. The summed E-state index contributed by atoms with van der Waals surface area (Å²) in [6.07, 6.45) is -6.01. The number of alkyl halides is 3. The van der Waals surface area contributed by atoms with Crippen LogP contribution in [0.2, 0.25) is 0 Å². The van der Waals surface area contributed by atoms with E-state index in [1.807, 2.05) is 13.0 Å². The molecule has 2 rings (SSSR count). The predicted molar refractivity (Wildman–Crippen MR) is 71.2 cm³/mol. The van der Waals surface area contributed by atoms with E-state index in [1.165, 1.54) is 0 Å². The van der Waals surface area contributed by atoms with Crippen molar-refractivity contribution in [3.8, 4) is 0 Å². The van der Waals surface area contributed by atoms with E-state index in [1.54, 1.807) is 18.2 Å². The average molecular weight is 298 g/mol. The van der Waals surface area contributed by atoms with E-state index in [-0.39, 0.29) is 12.0 Å². The molecule has 0 aromatic heterocycles. The van der Waals surface area contributed by atoms with Gasteiger partial charge < -0.3 is 5.11 Å². The number of hydrogen-bond acceptors (Lipinski definition) is 1. The van der Waals surface area contributed by atoms with Crippen LogP contribution < -0.4 is 0 Å². The minimum absolute atomic E-state index is 0.0381. The lowest BCUT2D eigenvalue weighted by Crippen LogP contribution is -2.14. The summed E-state index contributed by atoms with van der Waals surface area (Å²) >= 11 is 0. The van der Waals surface area contributed by atoms with Gasteiger partial charge in [-0.2, -0.15) is 13.2 Å². The fraction of sp³-hybridized carbons (Fsp3) is 0.250. The molecule has 21 heavy (non-hydrogen) atoms. The number of benzene rings is 2. The number of rotatable bonds is 3. The smallest absolute Gasteiger partial charge is 0.388 e. The van der Waals surface area contributed by atoms with Gasteiger partial charge in [0, 0.05) is 6.42 Å². The minimum Gasteiger partial charge on any atom is -0.388 e. The summed E-state index contributed by atoms with van der Waals surface area (Å²) in [6.45, 7) is 1.86. The quantitative estimate of drug-likeness (QED) is 0.831. The Labute approximate surface area is 119 Å². The molecule has 1 unspecified atom stereocenters. The first-order valence-corrected chi connectivity index (χ1v) is 6.37. The maximum Gasteiger partial charge on any atom is 0.416 e. The molecule has 0 spiro atoms. The zero-order valence-corrected chi connectivity index (χ0v) is 11.3. The minimum atomic E-state index is -4.70. The molecule has 5 heteroatoms. The Morgan fingerprint density at radius 1 is 1.10 bits per heavy atom. The van der Waals surface area contributed by atoms with Crippen molar-refractivity contribution in [3.63, 3.8) is 0 Å². The molecule has 0 aliphatic heterocycles. The Balaban J connectivity index is 2.33. The van der Waals surface area contributed by atoms with Gasteiger partial charge in [0.15, 0.2) is 0 Å². The second kappa shape index (κ2) is 5.85. The third-order valence-corrected chi connectivity index (χ3v) is 3.19. The molecule has 0 saturated carbocycles. The van der Waals surface area contributed by atoms with Crippen LogP contribution in [0.3, 0.4) is 0 Å². The van der Waals surface area contributed by atoms with Gasteiger partial charge in [-0.05, 0) is 30.2 Å². The average Bonchev–Trinajstić information content (AvgIpc) is 2.37. The summed E-state index contributed by atoms with van der Waals surface area (Å²) < 4.78 is 51.8. The first kappa shape index (κ1) is 15.5. The van der Waals surface area contributed by atoms with Crippen LogP contribution in [0.4, 0.5) is 17.6 Å². The number of hydrogen-bond donors (Lipinski definition) is 1. The Morgan fingerprint density at radius 3 is 2.43 bits per heavy atom. The normalized spacial score (nSPS) is 13.2. The molecule has 1 nitrogen and oxygen atoms in total. The lowest BCUT2D eigenvalue weighted by Gasteiger charge is -2.18. The van der Waals surface area contributed by atoms with Gasteiger partial charge in [0.2, 0.25) is 0 Å². The molecule has 0 radical (unpaired) electrons.